The lowest BCUT2D eigenvalue weighted by Gasteiger charge is -2.14. The smallest absolute Gasteiger partial charge is 0.351 e. The molecule has 6 heteroatoms. The van der Waals surface area contributed by atoms with Gasteiger partial charge in [-0.25, -0.2) is 14.8 Å². The monoisotopic (exact) mass is 221 g/mol. The zero-order valence-electron chi connectivity index (χ0n) is 8.97. The Kier molecular flexibility index (Phi) is 2.34. The standard InChI is InChI=1S/C10H11N3O3/c1-6-11-4-3-7(12-6)8-5-10(2,9(14)15)16-13-8/h3-4H,5H2,1-2H3,(H,14,15). The number of carboxylic acid groups (broad SMARTS) is 1. The van der Waals surface area contributed by atoms with Crippen molar-refractivity contribution in [2.45, 2.75) is 25.9 Å². The molecule has 2 heterocycles. The van der Waals surface area contributed by atoms with E-state index < -0.39 is 11.6 Å². The number of carbonyl (C=O) groups is 1. The summed E-state index contributed by atoms with van der Waals surface area (Å²) >= 11 is 0. The molecule has 0 radical (unpaired) electrons. The fraction of sp³-hybridized carbons (Fsp3) is 0.400. The third-order valence-electron chi connectivity index (χ3n) is 2.39. The van der Waals surface area contributed by atoms with Crippen molar-refractivity contribution < 1.29 is 14.7 Å². The second-order valence-corrected chi connectivity index (χ2v) is 3.83. The lowest BCUT2D eigenvalue weighted by Crippen LogP contribution is -2.35. The van der Waals surface area contributed by atoms with E-state index in [0.29, 0.717) is 17.2 Å². The van der Waals surface area contributed by atoms with Gasteiger partial charge in [0.15, 0.2) is 0 Å². The lowest BCUT2D eigenvalue weighted by molar-refractivity contribution is -0.160. The van der Waals surface area contributed by atoms with Crippen LogP contribution in [0.1, 0.15) is 24.9 Å². The van der Waals surface area contributed by atoms with Gasteiger partial charge in [-0.2, -0.15) is 0 Å². The van der Waals surface area contributed by atoms with Crippen LogP contribution in [0, 0.1) is 6.92 Å². The van der Waals surface area contributed by atoms with Crippen LogP contribution in [0.5, 0.6) is 0 Å². The molecule has 1 unspecified atom stereocenters. The first-order valence-electron chi connectivity index (χ1n) is 4.80. The van der Waals surface area contributed by atoms with Gasteiger partial charge in [-0.1, -0.05) is 5.16 Å². The number of aliphatic carboxylic acids is 1. The first kappa shape index (κ1) is 10.5. The summed E-state index contributed by atoms with van der Waals surface area (Å²) in [4.78, 5) is 24.0. The molecule has 0 spiro atoms. The van der Waals surface area contributed by atoms with Crippen molar-refractivity contribution in [2.75, 3.05) is 0 Å². The quantitative estimate of drug-likeness (QED) is 0.796. The van der Waals surface area contributed by atoms with Crippen LogP contribution in [0.3, 0.4) is 0 Å². The number of oxime groups is 1. The molecule has 6 nitrogen and oxygen atoms in total. The van der Waals surface area contributed by atoms with E-state index in [4.69, 9.17) is 9.94 Å². The maximum atomic E-state index is 10.9. The van der Waals surface area contributed by atoms with Gasteiger partial charge in [0.1, 0.15) is 11.5 Å². The minimum atomic E-state index is -1.28. The molecule has 0 bridgehead atoms. The third-order valence-corrected chi connectivity index (χ3v) is 2.39. The number of hydrogen-bond acceptors (Lipinski definition) is 5. The van der Waals surface area contributed by atoms with Crippen molar-refractivity contribution in [2.24, 2.45) is 5.16 Å². The highest BCUT2D eigenvalue weighted by molar-refractivity contribution is 6.03. The molecule has 16 heavy (non-hydrogen) atoms. The highest BCUT2D eigenvalue weighted by atomic mass is 16.7. The number of rotatable bonds is 2. The summed E-state index contributed by atoms with van der Waals surface area (Å²) in [5, 5.41) is 12.7. The van der Waals surface area contributed by atoms with Crippen molar-refractivity contribution in [3.05, 3.63) is 23.8 Å². The number of nitrogens with zero attached hydrogens (tertiary/aromatic N) is 3. The SMILES string of the molecule is Cc1nccc(C2=NOC(C)(C(=O)O)C2)n1. The minimum Gasteiger partial charge on any atom is -0.478 e. The summed E-state index contributed by atoms with van der Waals surface area (Å²) < 4.78 is 0. The van der Waals surface area contributed by atoms with Crippen LogP contribution < -0.4 is 0 Å². The normalized spacial score (nSPS) is 23.8. The van der Waals surface area contributed by atoms with Crippen molar-refractivity contribution in [1.82, 2.24) is 9.97 Å². The average Bonchev–Trinajstić information content (AvgIpc) is 2.62. The lowest BCUT2D eigenvalue weighted by atomic mass is 9.99. The van der Waals surface area contributed by atoms with Gasteiger partial charge >= 0.3 is 5.97 Å². The molecule has 0 saturated carbocycles. The molecule has 84 valence electrons. The molecule has 1 atom stereocenters. The second-order valence-electron chi connectivity index (χ2n) is 3.83. The van der Waals surface area contributed by atoms with Crippen molar-refractivity contribution in [3.63, 3.8) is 0 Å². The predicted molar refractivity (Wildman–Crippen MR) is 55.0 cm³/mol. The first-order valence-corrected chi connectivity index (χ1v) is 4.80. The van der Waals surface area contributed by atoms with E-state index in [1.54, 1.807) is 19.2 Å². The molecule has 0 aromatic carbocycles. The summed E-state index contributed by atoms with van der Waals surface area (Å²) in [5.41, 5.74) is -0.137. The van der Waals surface area contributed by atoms with E-state index in [0.717, 1.165) is 0 Å². The fourth-order valence-corrected chi connectivity index (χ4v) is 1.41. The molecular weight excluding hydrogens is 210 g/mol. The van der Waals surface area contributed by atoms with E-state index in [1.807, 2.05) is 0 Å². The summed E-state index contributed by atoms with van der Waals surface area (Å²) in [6, 6.07) is 1.68. The van der Waals surface area contributed by atoms with Gasteiger partial charge in [-0.3, -0.25) is 0 Å². The van der Waals surface area contributed by atoms with Crippen LogP contribution >= 0.6 is 0 Å². The summed E-state index contributed by atoms with van der Waals surface area (Å²) in [7, 11) is 0. The molecule has 1 N–H and O–H groups in total. The zero-order valence-corrected chi connectivity index (χ0v) is 8.97. The molecule has 0 amide bonds. The molecule has 1 aromatic rings. The second kappa shape index (κ2) is 3.55. The van der Waals surface area contributed by atoms with Crippen LogP contribution in [-0.2, 0) is 9.63 Å². The van der Waals surface area contributed by atoms with E-state index in [-0.39, 0.29) is 6.42 Å². The molecular formula is C10H11N3O3. The third kappa shape index (κ3) is 1.73. The molecule has 1 aromatic heterocycles. The Bertz CT molecular complexity index is 472. The molecule has 0 fully saturated rings. The van der Waals surface area contributed by atoms with Crippen LogP contribution in [0.25, 0.3) is 0 Å². The van der Waals surface area contributed by atoms with Crippen molar-refractivity contribution >= 4 is 11.7 Å². The minimum absolute atomic E-state index is 0.207. The first-order chi connectivity index (χ1) is 7.51. The molecule has 1 aliphatic rings. The van der Waals surface area contributed by atoms with Gasteiger partial charge in [-0.05, 0) is 19.9 Å². The van der Waals surface area contributed by atoms with E-state index in [2.05, 4.69) is 15.1 Å². The van der Waals surface area contributed by atoms with E-state index in [1.165, 1.54) is 6.92 Å². The largest absolute Gasteiger partial charge is 0.478 e. The van der Waals surface area contributed by atoms with Gasteiger partial charge in [0, 0.05) is 12.6 Å². The maximum absolute atomic E-state index is 10.9. The number of aromatic nitrogens is 2. The van der Waals surface area contributed by atoms with Gasteiger partial charge in [0.2, 0.25) is 5.60 Å². The molecule has 0 aliphatic carbocycles. The van der Waals surface area contributed by atoms with Gasteiger partial charge < -0.3 is 9.94 Å². The number of aryl methyl sites for hydroxylation is 1. The van der Waals surface area contributed by atoms with E-state index >= 15 is 0 Å². The van der Waals surface area contributed by atoms with Gasteiger partial charge in [-0.15, -0.1) is 0 Å². The Balaban J connectivity index is 2.24. The van der Waals surface area contributed by atoms with E-state index in [9.17, 15) is 4.79 Å². The highest BCUT2D eigenvalue weighted by Crippen LogP contribution is 2.25. The topological polar surface area (TPSA) is 84.7 Å². The van der Waals surface area contributed by atoms with Crippen LogP contribution in [0.2, 0.25) is 0 Å². The van der Waals surface area contributed by atoms with Crippen molar-refractivity contribution in [1.29, 1.82) is 0 Å². The number of carboxylic acids is 1. The Hall–Kier alpha value is -1.98. The Morgan fingerprint density at radius 2 is 2.38 bits per heavy atom. The summed E-state index contributed by atoms with van der Waals surface area (Å²) in [5.74, 6) is -0.416. The number of hydrogen-bond donors (Lipinski definition) is 1. The van der Waals surface area contributed by atoms with Crippen LogP contribution in [0.15, 0.2) is 17.4 Å². The highest BCUT2D eigenvalue weighted by Gasteiger charge is 2.42. The summed E-state index contributed by atoms with van der Waals surface area (Å²) in [6.07, 6.45) is 1.81. The Morgan fingerprint density at radius 3 is 2.94 bits per heavy atom. The van der Waals surface area contributed by atoms with Crippen LogP contribution in [0.4, 0.5) is 0 Å². The summed E-state index contributed by atoms with van der Waals surface area (Å²) in [6.45, 7) is 3.25. The Morgan fingerprint density at radius 1 is 1.62 bits per heavy atom. The molecule has 2 rings (SSSR count). The zero-order chi connectivity index (χ0) is 11.8. The fourth-order valence-electron chi connectivity index (χ4n) is 1.41. The Labute approximate surface area is 92.0 Å². The van der Waals surface area contributed by atoms with Crippen LogP contribution in [-0.4, -0.2) is 32.4 Å². The predicted octanol–water partition coefficient (Wildman–Crippen LogP) is 0.753. The van der Waals surface area contributed by atoms with Gasteiger partial charge in [0.25, 0.3) is 0 Å². The molecule has 1 aliphatic heterocycles. The maximum Gasteiger partial charge on any atom is 0.351 e. The van der Waals surface area contributed by atoms with Gasteiger partial charge in [0.05, 0.1) is 5.69 Å². The average molecular weight is 221 g/mol. The molecule has 0 saturated heterocycles. The van der Waals surface area contributed by atoms with Crippen molar-refractivity contribution in [3.8, 4) is 0 Å².